The molecule has 2 aromatic carbocycles. The molecule has 0 aliphatic carbocycles. The third-order valence-electron chi connectivity index (χ3n) is 3.55. The number of para-hydroxylation sites is 2. The molecule has 0 fully saturated rings. The van der Waals surface area contributed by atoms with Crippen LogP contribution < -0.4 is 9.80 Å². The van der Waals surface area contributed by atoms with Crippen LogP contribution in [0.5, 0.6) is 11.5 Å². The maximum Gasteiger partial charge on any atom is 0.277 e. The van der Waals surface area contributed by atoms with Gasteiger partial charge < -0.3 is 15.0 Å². The SMILES string of the molecule is O=S(=O)=C1C(Cc2ccccc2Oc2ccccc2)=CC=C[NH+]1[O-]. The van der Waals surface area contributed by atoms with Crippen LogP contribution in [0.2, 0.25) is 0 Å². The van der Waals surface area contributed by atoms with Crippen LogP contribution in [-0.4, -0.2) is 13.4 Å². The fourth-order valence-corrected chi connectivity index (χ4v) is 3.05. The lowest BCUT2D eigenvalue weighted by Crippen LogP contribution is -3.06. The van der Waals surface area contributed by atoms with Crippen molar-refractivity contribution in [3.05, 3.63) is 89.3 Å². The number of rotatable bonds is 4. The van der Waals surface area contributed by atoms with Gasteiger partial charge in [-0.05, 0) is 35.9 Å². The number of ether oxygens (including phenoxy) is 1. The average Bonchev–Trinajstić information content (AvgIpc) is 2.57. The summed E-state index contributed by atoms with van der Waals surface area (Å²) < 4.78 is 28.6. The van der Waals surface area contributed by atoms with Gasteiger partial charge in [-0.25, -0.2) is 0 Å². The van der Waals surface area contributed by atoms with E-state index in [-0.39, 0.29) is 4.99 Å². The topological polar surface area (TPSA) is 70.9 Å². The van der Waals surface area contributed by atoms with Crippen molar-refractivity contribution in [2.24, 2.45) is 0 Å². The van der Waals surface area contributed by atoms with Crippen LogP contribution in [0, 0.1) is 5.21 Å². The van der Waals surface area contributed by atoms with Crippen LogP contribution in [0.15, 0.2) is 78.5 Å². The van der Waals surface area contributed by atoms with Gasteiger partial charge in [0.05, 0.1) is 0 Å². The molecular weight excluding hydrogens is 326 g/mol. The fourth-order valence-electron chi connectivity index (χ4n) is 2.46. The quantitative estimate of drug-likeness (QED) is 0.681. The number of hydrogen-bond acceptors (Lipinski definition) is 4. The molecule has 5 nitrogen and oxygen atoms in total. The molecule has 1 unspecified atom stereocenters. The molecule has 3 rings (SSSR count). The van der Waals surface area contributed by atoms with E-state index in [0.29, 0.717) is 23.5 Å². The fraction of sp³-hybridized carbons (Fsp3) is 0.0556. The van der Waals surface area contributed by atoms with E-state index in [2.05, 4.69) is 0 Å². The van der Waals surface area contributed by atoms with E-state index < -0.39 is 15.4 Å². The molecule has 0 saturated heterocycles. The van der Waals surface area contributed by atoms with Gasteiger partial charge in [0, 0.05) is 12.0 Å². The minimum absolute atomic E-state index is 0.188. The Morgan fingerprint density at radius 1 is 1.00 bits per heavy atom. The average molecular weight is 341 g/mol. The number of benzene rings is 2. The first kappa shape index (κ1) is 16.2. The van der Waals surface area contributed by atoms with Crippen LogP contribution in [0.3, 0.4) is 0 Å². The number of nitrogens with one attached hydrogen (secondary N) is 1. The van der Waals surface area contributed by atoms with Crippen molar-refractivity contribution in [3.8, 4) is 11.5 Å². The van der Waals surface area contributed by atoms with E-state index in [1.54, 1.807) is 12.2 Å². The van der Waals surface area contributed by atoms with Gasteiger partial charge in [0.1, 0.15) is 17.7 Å². The summed E-state index contributed by atoms with van der Waals surface area (Å²) in [6.45, 7) is 0. The molecule has 24 heavy (non-hydrogen) atoms. The zero-order valence-electron chi connectivity index (χ0n) is 12.7. The molecule has 1 atom stereocenters. The molecule has 1 aliphatic heterocycles. The highest BCUT2D eigenvalue weighted by Crippen LogP contribution is 2.27. The van der Waals surface area contributed by atoms with E-state index in [9.17, 15) is 13.6 Å². The molecule has 6 heteroatoms. The summed E-state index contributed by atoms with van der Waals surface area (Å²) in [5, 5.41) is 11.3. The minimum atomic E-state index is -2.57. The van der Waals surface area contributed by atoms with Crippen molar-refractivity contribution in [2.75, 3.05) is 0 Å². The molecule has 1 heterocycles. The Morgan fingerprint density at radius 3 is 2.46 bits per heavy atom. The van der Waals surface area contributed by atoms with Crippen LogP contribution in [0.1, 0.15) is 5.56 Å². The van der Waals surface area contributed by atoms with E-state index >= 15 is 0 Å². The molecule has 0 amide bonds. The highest BCUT2D eigenvalue weighted by molar-refractivity contribution is 7.72. The number of hydrogen-bond donors (Lipinski definition) is 1. The molecule has 0 radical (unpaired) electrons. The first-order valence-corrected chi connectivity index (χ1v) is 8.41. The number of hydroxylamine groups is 2. The maximum absolute atomic E-state index is 11.8. The Balaban J connectivity index is 1.92. The summed E-state index contributed by atoms with van der Waals surface area (Å²) in [6.07, 6.45) is 4.75. The molecule has 0 saturated carbocycles. The van der Waals surface area contributed by atoms with Crippen molar-refractivity contribution in [2.45, 2.75) is 6.42 Å². The van der Waals surface area contributed by atoms with Gasteiger partial charge in [0.15, 0.2) is 0 Å². The second kappa shape index (κ2) is 7.27. The lowest BCUT2D eigenvalue weighted by Gasteiger charge is -2.21. The van der Waals surface area contributed by atoms with E-state index in [4.69, 9.17) is 4.74 Å². The molecule has 122 valence electrons. The lowest BCUT2D eigenvalue weighted by molar-refractivity contribution is -0.680. The Morgan fingerprint density at radius 2 is 1.71 bits per heavy atom. The van der Waals surface area contributed by atoms with Gasteiger partial charge >= 0.3 is 0 Å². The van der Waals surface area contributed by atoms with E-state index in [0.717, 1.165) is 5.56 Å². The second-order valence-corrected chi connectivity index (χ2v) is 6.06. The Labute approximate surface area is 141 Å². The van der Waals surface area contributed by atoms with Crippen molar-refractivity contribution in [1.29, 1.82) is 0 Å². The highest BCUT2D eigenvalue weighted by Gasteiger charge is 2.20. The molecule has 2 aromatic rings. The minimum Gasteiger partial charge on any atom is -0.623 e. The molecule has 1 N–H and O–H groups in total. The summed E-state index contributed by atoms with van der Waals surface area (Å²) in [4.78, 5) is -0.188. The van der Waals surface area contributed by atoms with E-state index in [1.165, 1.54) is 6.20 Å². The Bertz CT molecular complexity index is 923. The predicted octanol–water partition coefficient (Wildman–Crippen LogP) is 1.87. The summed E-state index contributed by atoms with van der Waals surface area (Å²) in [5.74, 6) is 1.32. The van der Waals surface area contributed by atoms with Crippen LogP contribution in [0.4, 0.5) is 0 Å². The van der Waals surface area contributed by atoms with Gasteiger partial charge in [-0.2, -0.15) is 8.42 Å². The van der Waals surface area contributed by atoms with Gasteiger partial charge in [0.2, 0.25) is 0 Å². The third kappa shape index (κ3) is 3.62. The molecule has 1 aliphatic rings. The molecule has 0 bridgehead atoms. The van der Waals surface area contributed by atoms with Gasteiger partial charge in [0.25, 0.3) is 15.3 Å². The summed E-state index contributed by atoms with van der Waals surface area (Å²) >= 11 is 0. The van der Waals surface area contributed by atoms with Crippen molar-refractivity contribution in [3.63, 3.8) is 0 Å². The largest absolute Gasteiger partial charge is 0.623 e. The smallest absolute Gasteiger partial charge is 0.277 e. The van der Waals surface area contributed by atoms with Gasteiger partial charge in [-0.1, -0.05) is 36.4 Å². The predicted molar refractivity (Wildman–Crippen MR) is 92.1 cm³/mol. The Kier molecular flexibility index (Phi) is 4.90. The summed E-state index contributed by atoms with van der Waals surface area (Å²) in [7, 11) is -2.57. The third-order valence-corrected chi connectivity index (χ3v) is 4.35. The van der Waals surface area contributed by atoms with Crippen molar-refractivity contribution >= 4 is 15.3 Å². The standard InChI is InChI=1S/C18H15NO4S/c20-19-12-6-8-15(18(19)24(21)22)13-14-7-4-5-11-17(14)23-16-9-2-1-3-10-16/h1-12,19H,13H2. The summed E-state index contributed by atoms with van der Waals surface area (Å²) in [6, 6.07) is 16.7. The lowest BCUT2D eigenvalue weighted by atomic mass is 10.0. The zero-order chi connectivity index (χ0) is 16.9. The highest BCUT2D eigenvalue weighted by atomic mass is 32.2. The molecule has 0 aromatic heterocycles. The van der Waals surface area contributed by atoms with Crippen molar-refractivity contribution < 1.29 is 18.2 Å². The number of allylic oxidation sites excluding steroid dienone is 2. The molecule has 0 spiro atoms. The normalized spacial score (nSPS) is 16.6. The van der Waals surface area contributed by atoms with Crippen LogP contribution in [-0.2, 0) is 16.7 Å². The van der Waals surface area contributed by atoms with Crippen LogP contribution in [0.25, 0.3) is 0 Å². The monoisotopic (exact) mass is 341 g/mol. The number of quaternary nitrogens is 1. The maximum atomic E-state index is 11.8. The van der Waals surface area contributed by atoms with Gasteiger partial charge in [-0.15, -0.1) is 0 Å². The zero-order valence-corrected chi connectivity index (χ0v) is 13.5. The first-order valence-electron chi connectivity index (χ1n) is 7.34. The Hall–Kier alpha value is -2.67. The first-order chi connectivity index (χ1) is 11.6. The van der Waals surface area contributed by atoms with Crippen molar-refractivity contribution in [1.82, 2.24) is 0 Å². The van der Waals surface area contributed by atoms with E-state index in [1.807, 2.05) is 54.6 Å². The van der Waals surface area contributed by atoms with Gasteiger partial charge in [-0.3, -0.25) is 0 Å². The summed E-state index contributed by atoms with van der Waals surface area (Å²) in [5.41, 5.74) is 1.26. The second-order valence-electron chi connectivity index (χ2n) is 5.18. The molecular formula is C18H15NO4S. The van der Waals surface area contributed by atoms with Crippen LogP contribution >= 0.6 is 0 Å².